The van der Waals surface area contributed by atoms with Crippen LogP contribution in [0.5, 0.6) is 0 Å². The first-order valence-corrected chi connectivity index (χ1v) is 4.18. The van der Waals surface area contributed by atoms with E-state index in [0.717, 1.165) is 11.3 Å². The first-order valence-electron chi connectivity index (χ1n) is 4.18. The third-order valence-corrected chi connectivity index (χ3v) is 2.13. The van der Waals surface area contributed by atoms with Crippen molar-refractivity contribution in [1.82, 2.24) is 5.32 Å². The number of benzene rings is 1. The molecule has 14 heavy (non-hydrogen) atoms. The van der Waals surface area contributed by atoms with Crippen molar-refractivity contribution in [3.8, 4) is 0 Å². The largest absolute Gasteiger partial charge is 0.330 e. The predicted octanol–water partition coefficient (Wildman–Crippen LogP) is 1.24. The Morgan fingerprint density at radius 1 is 1.36 bits per heavy atom. The minimum absolute atomic E-state index is 0. The number of para-hydroxylation sites is 1. The summed E-state index contributed by atoms with van der Waals surface area (Å²) in [6, 6.07) is 7.40. The quantitative estimate of drug-likeness (QED) is 0.657. The van der Waals surface area contributed by atoms with Crippen LogP contribution in [0.3, 0.4) is 0 Å². The number of anilines is 1. The second-order valence-corrected chi connectivity index (χ2v) is 2.97. The molecule has 1 aliphatic rings. The summed E-state index contributed by atoms with van der Waals surface area (Å²) in [5.41, 5.74) is 7.43. The van der Waals surface area contributed by atoms with Crippen LogP contribution in [0.15, 0.2) is 24.3 Å². The van der Waals surface area contributed by atoms with Crippen LogP contribution in [-0.4, -0.2) is 12.6 Å². The number of urea groups is 1. The summed E-state index contributed by atoms with van der Waals surface area (Å²) in [6.45, 7) is 0.421. The maximum atomic E-state index is 11.1. The Bertz CT molecular complexity index is 343. The van der Waals surface area contributed by atoms with Gasteiger partial charge in [0, 0.05) is 12.2 Å². The highest BCUT2D eigenvalue weighted by Gasteiger charge is 2.21. The van der Waals surface area contributed by atoms with Crippen LogP contribution in [-0.2, 0) is 0 Å². The first-order chi connectivity index (χ1) is 6.31. The number of hydrogen-bond donors (Lipinski definition) is 3. The van der Waals surface area contributed by atoms with Crippen LogP contribution < -0.4 is 16.4 Å². The van der Waals surface area contributed by atoms with Crippen LogP contribution in [0.1, 0.15) is 11.6 Å². The van der Waals surface area contributed by atoms with E-state index in [1.165, 1.54) is 0 Å². The number of carbonyl (C=O) groups excluding carboxylic acids is 1. The summed E-state index contributed by atoms with van der Waals surface area (Å²) < 4.78 is 0. The summed E-state index contributed by atoms with van der Waals surface area (Å²) in [6.07, 6.45) is 0. The molecule has 1 aromatic carbocycles. The summed E-state index contributed by atoms with van der Waals surface area (Å²) >= 11 is 0. The number of fused-ring (bicyclic) bond motifs is 1. The minimum atomic E-state index is -0.186. The molecule has 4 N–H and O–H groups in total. The van der Waals surface area contributed by atoms with Crippen molar-refractivity contribution >= 4 is 24.1 Å². The average Bonchev–Trinajstić information content (AvgIpc) is 2.16. The van der Waals surface area contributed by atoms with Crippen molar-refractivity contribution in [2.45, 2.75) is 6.04 Å². The lowest BCUT2D eigenvalue weighted by molar-refractivity contribution is 0.247. The summed E-state index contributed by atoms with van der Waals surface area (Å²) in [5.74, 6) is 0. The van der Waals surface area contributed by atoms with Gasteiger partial charge in [0.15, 0.2) is 0 Å². The molecule has 76 valence electrons. The number of amides is 2. The van der Waals surface area contributed by atoms with Crippen LogP contribution in [0.4, 0.5) is 10.5 Å². The van der Waals surface area contributed by atoms with Gasteiger partial charge in [0.05, 0.1) is 6.04 Å². The van der Waals surface area contributed by atoms with Gasteiger partial charge in [-0.05, 0) is 11.6 Å². The molecule has 1 aromatic rings. The zero-order chi connectivity index (χ0) is 9.26. The van der Waals surface area contributed by atoms with E-state index < -0.39 is 0 Å². The molecule has 0 radical (unpaired) electrons. The molecule has 0 saturated heterocycles. The number of nitrogens with one attached hydrogen (secondary N) is 2. The molecule has 5 heteroatoms. The molecule has 0 spiro atoms. The fraction of sp³-hybridized carbons (Fsp3) is 0.222. The Kier molecular flexibility index (Phi) is 3.33. The van der Waals surface area contributed by atoms with E-state index in [4.69, 9.17) is 5.73 Å². The molecule has 1 aliphatic heterocycles. The maximum Gasteiger partial charge on any atom is 0.319 e. The molecule has 1 atom stereocenters. The molecule has 0 aromatic heterocycles. The second kappa shape index (κ2) is 4.30. The SMILES string of the molecule is Cl.NCC1NC(=O)Nc2ccccc21. The van der Waals surface area contributed by atoms with Gasteiger partial charge >= 0.3 is 6.03 Å². The Morgan fingerprint density at radius 2 is 2.07 bits per heavy atom. The van der Waals surface area contributed by atoms with E-state index in [1.807, 2.05) is 24.3 Å². The van der Waals surface area contributed by atoms with Crippen molar-refractivity contribution in [3.63, 3.8) is 0 Å². The van der Waals surface area contributed by atoms with Crippen LogP contribution >= 0.6 is 12.4 Å². The lowest BCUT2D eigenvalue weighted by Gasteiger charge is -2.25. The summed E-state index contributed by atoms with van der Waals surface area (Å²) in [5, 5.41) is 5.47. The molecule has 2 amide bonds. The topological polar surface area (TPSA) is 67.1 Å². The number of rotatable bonds is 1. The van der Waals surface area contributed by atoms with Crippen molar-refractivity contribution in [2.75, 3.05) is 11.9 Å². The molecule has 0 fully saturated rings. The molecular formula is C9H12ClN3O. The molecule has 1 unspecified atom stereocenters. The number of carbonyl (C=O) groups is 1. The van der Waals surface area contributed by atoms with Gasteiger partial charge in [-0.1, -0.05) is 18.2 Å². The van der Waals surface area contributed by atoms with Crippen molar-refractivity contribution in [1.29, 1.82) is 0 Å². The van der Waals surface area contributed by atoms with Gasteiger partial charge < -0.3 is 16.4 Å². The third kappa shape index (κ3) is 1.81. The smallest absolute Gasteiger partial charge is 0.319 e. The van der Waals surface area contributed by atoms with Crippen LogP contribution in [0, 0.1) is 0 Å². The first kappa shape index (κ1) is 10.8. The third-order valence-electron chi connectivity index (χ3n) is 2.13. The van der Waals surface area contributed by atoms with Crippen LogP contribution in [0.2, 0.25) is 0 Å². The number of hydrogen-bond acceptors (Lipinski definition) is 2. The van der Waals surface area contributed by atoms with Gasteiger partial charge in [0.2, 0.25) is 0 Å². The van der Waals surface area contributed by atoms with Gasteiger partial charge in [0.1, 0.15) is 0 Å². The minimum Gasteiger partial charge on any atom is -0.330 e. The van der Waals surface area contributed by atoms with E-state index in [1.54, 1.807) is 0 Å². The lowest BCUT2D eigenvalue weighted by atomic mass is 10.0. The maximum absolute atomic E-state index is 11.1. The molecule has 4 nitrogen and oxygen atoms in total. The fourth-order valence-electron chi connectivity index (χ4n) is 1.49. The molecule has 1 heterocycles. The standard InChI is InChI=1S/C9H11N3O.ClH/c10-5-8-6-3-1-2-4-7(6)11-9(13)12-8;/h1-4,8H,5,10H2,(H2,11,12,13);1H. The Labute approximate surface area is 88.3 Å². The highest BCUT2D eigenvalue weighted by Crippen LogP contribution is 2.25. The zero-order valence-electron chi connectivity index (χ0n) is 7.49. The summed E-state index contributed by atoms with van der Waals surface area (Å²) in [7, 11) is 0. The van der Waals surface area contributed by atoms with Gasteiger partial charge in [-0.2, -0.15) is 0 Å². The molecular weight excluding hydrogens is 202 g/mol. The van der Waals surface area contributed by atoms with Crippen molar-refractivity contribution in [3.05, 3.63) is 29.8 Å². The Morgan fingerprint density at radius 3 is 2.79 bits per heavy atom. The average molecular weight is 214 g/mol. The van der Waals surface area contributed by atoms with Crippen molar-refractivity contribution in [2.24, 2.45) is 5.73 Å². The van der Waals surface area contributed by atoms with E-state index >= 15 is 0 Å². The highest BCUT2D eigenvalue weighted by atomic mass is 35.5. The molecule has 0 bridgehead atoms. The van der Waals surface area contributed by atoms with E-state index in [9.17, 15) is 4.79 Å². The van der Waals surface area contributed by atoms with Gasteiger partial charge in [-0.25, -0.2) is 4.79 Å². The van der Waals surface area contributed by atoms with E-state index in [2.05, 4.69) is 10.6 Å². The summed E-state index contributed by atoms with van der Waals surface area (Å²) in [4.78, 5) is 11.1. The monoisotopic (exact) mass is 213 g/mol. The van der Waals surface area contributed by atoms with E-state index in [0.29, 0.717) is 6.54 Å². The van der Waals surface area contributed by atoms with Crippen molar-refractivity contribution < 1.29 is 4.79 Å². The van der Waals surface area contributed by atoms with E-state index in [-0.39, 0.29) is 24.5 Å². The Hall–Kier alpha value is -1.26. The second-order valence-electron chi connectivity index (χ2n) is 2.97. The molecule has 0 aliphatic carbocycles. The van der Waals surface area contributed by atoms with Gasteiger partial charge in [0.25, 0.3) is 0 Å². The number of nitrogens with two attached hydrogens (primary N) is 1. The number of halogens is 1. The predicted molar refractivity (Wildman–Crippen MR) is 57.6 cm³/mol. The van der Waals surface area contributed by atoms with Gasteiger partial charge in [-0.15, -0.1) is 12.4 Å². The fourth-order valence-corrected chi connectivity index (χ4v) is 1.49. The highest BCUT2D eigenvalue weighted by molar-refractivity contribution is 5.92. The lowest BCUT2D eigenvalue weighted by Crippen LogP contribution is -2.40. The normalized spacial score (nSPS) is 18.6. The molecule has 0 saturated carbocycles. The van der Waals surface area contributed by atoms with Gasteiger partial charge in [-0.3, -0.25) is 0 Å². The van der Waals surface area contributed by atoms with Crippen LogP contribution in [0.25, 0.3) is 0 Å². The molecule has 2 rings (SSSR count). The zero-order valence-corrected chi connectivity index (χ0v) is 8.30. The Balaban J connectivity index is 0.000000980.